The van der Waals surface area contributed by atoms with E-state index in [1.54, 1.807) is 0 Å². The van der Waals surface area contributed by atoms with E-state index in [0.717, 1.165) is 50.5 Å². The van der Waals surface area contributed by atoms with Crippen LogP contribution in [-0.2, 0) is 19.3 Å². The van der Waals surface area contributed by atoms with Crippen LogP contribution in [0.2, 0.25) is 0 Å². The van der Waals surface area contributed by atoms with Crippen molar-refractivity contribution in [2.24, 2.45) is 16.7 Å². The summed E-state index contributed by atoms with van der Waals surface area (Å²) in [5.74, 6) is 0.576. The molecule has 0 atom stereocenters. The molecule has 1 aromatic heterocycles. The molecule has 0 saturated heterocycles. The molecule has 6 rings (SSSR count). The summed E-state index contributed by atoms with van der Waals surface area (Å²) in [6, 6.07) is 19.3. The molecule has 0 N–H and O–H groups in total. The quantitative estimate of drug-likeness (QED) is 0.187. The molecule has 0 bridgehead atoms. The molecule has 0 amide bonds. The van der Waals surface area contributed by atoms with Crippen LogP contribution in [-0.4, -0.2) is 11.2 Å². The summed E-state index contributed by atoms with van der Waals surface area (Å²) >= 11 is 1.82. The summed E-state index contributed by atoms with van der Waals surface area (Å²) in [6.45, 7) is 13.9. The maximum Gasteiger partial charge on any atom is 0.394 e. The second-order valence-electron chi connectivity index (χ2n) is 14.3. The zero-order chi connectivity index (χ0) is 30.2. The van der Waals surface area contributed by atoms with Gasteiger partial charge in [0.1, 0.15) is 0 Å². The Balaban J connectivity index is 1.59. The molecule has 5 heteroatoms. The normalized spacial score (nSPS) is 13.9. The van der Waals surface area contributed by atoms with Gasteiger partial charge >= 0.3 is 6.18 Å². The van der Waals surface area contributed by atoms with Crippen molar-refractivity contribution in [3.05, 3.63) is 77.5 Å². The minimum absolute atomic E-state index is 0.0634. The highest BCUT2D eigenvalue weighted by atomic mass is 32.2. The van der Waals surface area contributed by atoms with Crippen LogP contribution in [0, 0.1) is 16.7 Å². The maximum absolute atomic E-state index is 13.7. The number of rotatable bonds is 5. The third kappa shape index (κ3) is 5.19. The van der Waals surface area contributed by atoms with Gasteiger partial charge in [-0.2, -0.15) is 13.2 Å². The standard InChI is InChI=1S/C37H38F3NS/c1-21(2)14-22-9-11-26-25(15-22)17-29-33-32-27(12-13-41-33)28-16-23(19-36(6,7)37(38,39)40)8-10-24(28)18-31(32)42-34(29)30(26)20-35(3,4)5/h8-13,15-18,21H,14,19-20H2,1-7H3. The number of pyridine rings is 1. The lowest BCUT2D eigenvalue weighted by Crippen LogP contribution is -2.34. The van der Waals surface area contributed by atoms with Crippen LogP contribution in [0.1, 0.15) is 65.2 Å². The van der Waals surface area contributed by atoms with E-state index in [1.165, 1.54) is 40.6 Å². The third-order valence-electron chi connectivity index (χ3n) is 8.38. The Hall–Kier alpha value is -3.05. The topological polar surface area (TPSA) is 12.9 Å². The first kappa shape index (κ1) is 29.0. The summed E-state index contributed by atoms with van der Waals surface area (Å²) < 4.78 is 41.1. The number of benzene rings is 4. The average Bonchev–Trinajstić information content (AvgIpc) is 2.87. The smallest absolute Gasteiger partial charge is 0.256 e. The number of alkyl halides is 3. The van der Waals surface area contributed by atoms with Gasteiger partial charge < -0.3 is 0 Å². The van der Waals surface area contributed by atoms with E-state index in [2.05, 4.69) is 65.0 Å². The Bertz CT molecular complexity index is 1860. The first-order chi connectivity index (χ1) is 19.6. The van der Waals surface area contributed by atoms with Crippen LogP contribution in [0.25, 0.3) is 43.6 Å². The third-order valence-corrected chi connectivity index (χ3v) is 9.60. The molecule has 0 aliphatic carbocycles. The van der Waals surface area contributed by atoms with Crippen LogP contribution >= 0.6 is 11.8 Å². The number of hydrogen-bond acceptors (Lipinski definition) is 2. The van der Waals surface area contributed by atoms with E-state index in [0.29, 0.717) is 11.5 Å². The van der Waals surface area contributed by atoms with Crippen molar-refractivity contribution >= 4 is 44.1 Å². The van der Waals surface area contributed by atoms with Crippen LogP contribution in [0.4, 0.5) is 13.2 Å². The lowest BCUT2D eigenvalue weighted by molar-refractivity contribution is -0.211. The largest absolute Gasteiger partial charge is 0.394 e. The molecule has 2 heterocycles. The van der Waals surface area contributed by atoms with Gasteiger partial charge in [-0.25, -0.2) is 0 Å². The molecule has 0 fully saturated rings. The molecule has 1 aliphatic rings. The fraction of sp³-hybridized carbons (Fsp3) is 0.378. The highest BCUT2D eigenvalue weighted by Crippen LogP contribution is 2.52. The Morgan fingerprint density at radius 3 is 2.19 bits per heavy atom. The van der Waals surface area contributed by atoms with Crippen LogP contribution in [0.5, 0.6) is 0 Å². The van der Waals surface area contributed by atoms with Gasteiger partial charge in [-0.05, 0) is 92.4 Å². The summed E-state index contributed by atoms with van der Waals surface area (Å²) in [7, 11) is 0. The monoisotopic (exact) mass is 585 g/mol. The molecule has 0 spiro atoms. The second-order valence-corrected chi connectivity index (χ2v) is 15.3. The van der Waals surface area contributed by atoms with E-state index in [4.69, 9.17) is 4.98 Å². The lowest BCUT2D eigenvalue weighted by Gasteiger charge is -2.28. The van der Waals surface area contributed by atoms with E-state index in [1.807, 2.05) is 42.2 Å². The second kappa shape index (κ2) is 10.0. The fourth-order valence-electron chi connectivity index (χ4n) is 6.34. The molecule has 0 unspecified atom stereocenters. The van der Waals surface area contributed by atoms with Crippen molar-refractivity contribution in [3.8, 4) is 11.3 Å². The number of hydrogen-bond donors (Lipinski definition) is 0. The highest BCUT2D eigenvalue weighted by Gasteiger charge is 2.47. The predicted octanol–water partition coefficient (Wildman–Crippen LogP) is 11.6. The Morgan fingerprint density at radius 2 is 1.50 bits per heavy atom. The van der Waals surface area contributed by atoms with Gasteiger partial charge in [0.2, 0.25) is 0 Å². The number of nitrogens with zero attached hydrogens (tertiary/aromatic N) is 1. The van der Waals surface area contributed by atoms with Crippen molar-refractivity contribution in [1.82, 2.24) is 4.98 Å². The van der Waals surface area contributed by atoms with E-state index in [-0.39, 0.29) is 11.8 Å². The van der Waals surface area contributed by atoms with E-state index in [9.17, 15) is 13.2 Å². The van der Waals surface area contributed by atoms with Gasteiger partial charge in [-0.1, -0.05) is 96.6 Å². The van der Waals surface area contributed by atoms with Crippen molar-refractivity contribution < 1.29 is 13.2 Å². The highest BCUT2D eigenvalue weighted by molar-refractivity contribution is 8.00. The summed E-state index contributed by atoms with van der Waals surface area (Å²) in [5, 5.41) is 6.70. The molecule has 218 valence electrons. The van der Waals surface area contributed by atoms with E-state index >= 15 is 0 Å². The Kier molecular flexibility index (Phi) is 6.92. The van der Waals surface area contributed by atoms with Gasteiger partial charge in [-0.3, -0.25) is 4.98 Å². The Labute approximate surface area is 250 Å². The van der Waals surface area contributed by atoms with Crippen molar-refractivity contribution in [3.63, 3.8) is 0 Å². The maximum atomic E-state index is 13.7. The molecule has 0 saturated carbocycles. The average molecular weight is 586 g/mol. The lowest BCUT2D eigenvalue weighted by atomic mass is 9.83. The number of aromatic nitrogens is 1. The zero-order valence-corrected chi connectivity index (χ0v) is 26.3. The first-order valence-corrected chi connectivity index (χ1v) is 15.6. The molecule has 1 nitrogen and oxygen atoms in total. The summed E-state index contributed by atoms with van der Waals surface area (Å²) in [5.41, 5.74) is 3.81. The van der Waals surface area contributed by atoms with Crippen LogP contribution < -0.4 is 0 Å². The van der Waals surface area contributed by atoms with Gasteiger partial charge in [-0.15, -0.1) is 0 Å². The number of fused-ring (bicyclic) bond motifs is 5. The SMILES string of the molecule is CC(C)Cc1ccc2c(CC(C)(C)C)c3c(cc2c1)-c1nccc2c1c(cc1ccc(CC(C)(C)C(F)(F)F)cc12)S3. The van der Waals surface area contributed by atoms with Crippen LogP contribution in [0.3, 0.4) is 0 Å². The van der Waals surface area contributed by atoms with Gasteiger partial charge in [0.15, 0.2) is 0 Å². The Morgan fingerprint density at radius 1 is 0.762 bits per heavy atom. The summed E-state index contributed by atoms with van der Waals surface area (Å²) in [6.07, 6.45) is -0.496. The van der Waals surface area contributed by atoms with Gasteiger partial charge in [0.05, 0.1) is 11.1 Å². The molecule has 1 aliphatic heterocycles. The molecule has 5 aromatic rings. The summed E-state index contributed by atoms with van der Waals surface area (Å²) in [4.78, 5) is 7.38. The van der Waals surface area contributed by atoms with Crippen molar-refractivity contribution in [2.45, 2.75) is 83.7 Å². The molecule has 4 aromatic carbocycles. The number of halogens is 3. The molecular weight excluding hydrogens is 547 g/mol. The molecule has 42 heavy (non-hydrogen) atoms. The van der Waals surface area contributed by atoms with Gasteiger partial charge in [0.25, 0.3) is 0 Å². The zero-order valence-electron chi connectivity index (χ0n) is 25.5. The van der Waals surface area contributed by atoms with Crippen LogP contribution in [0.15, 0.2) is 70.6 Å². The minimum atomic E-state index is -4.27. The predicted molar refractivity (Wildman–Crippen MR) is 172 cm³/mol. The van der Waals surface area contributed by atoms with Crippen molar-refractivity contribution in [1.29, 1.82) is 0 Å². The minimum Gasteiger partial charge on any atom is -0.256 e. The molecule has 0 radical (unpaired) electrons. The fourth-order valence-corrected chi connectivity index (χ4v) is 7.62. The van der Waals surface area contributed by atoms with Gasteiger partial charge in [0, 0.05) is 26.9 Å². The van der Waals surface area contributed by atoms with Crippen molar-refractivity contribution in [2.75, 3.05) is 0 Å². The van der Waals surface area contributed by atoms with E-state index < -0.39 is 11.6 Å². The first-order valence-electron chi connectivity index (χ1n) is 14.8. The molecular formula is C37H38F3NS.